The van der Waals surface area contributed by atoms with E-state index in [-0.39, 0.29) is 5.92 Å². The topological polar surface area (TPSA) is 32.3 Å². The molecule has 1 rings (SSSR count). The Morgan fingerprint density at radius 1 is 1.58 bits per heavy atom. The molecule has 0 bridgehead atoms. The largest absolute Gasteiger partial charge is 0.391 e. The molecule has 12 heavy (non-hydrogen) atoms. The van der Waals surface area contributed by atoms with Gasteiger partial charge in [-0.2, -0.15) is 0 Å². The lowest BCUT2D eigenvalue weighted by molar-refractivity contribution is -0.0321. The highest BCUT2D eigenvalue weighted by molar-refractivity contribution is 7.18. The first-order valence-corrected chi connectivity index (χ1v) is 4.57. The predicted octanol–water partition coefficient (Wildman–Crippen LogP) is 0.813. The van der Waals surface area contributed by atoms with Crippen LogP contribution in [-0.4, -0.2) is 29.5 Å². The summed E-state index contributed by atoms with van der Waals surface area (Å²) in [5.41, 5.74) is -2.92. The van der Waals surface area contributed by atoms with Crippen LogP contribution in [0.3, 0.4) is 0 Å². The third kappa shape index (κ3) is 2.35. The summed E-state index contributed by atoms with van der Waals surface area (Å²) in [6, 6.07) is -1.11. The molecule has 1 fully saturated rings. The number of hydrogen-bond acceptors (Lipinski definition) is 2. The van der Waals surface area contributed by atoms with E-state index >= 15 is 0 Å². The first-order chi connectivity index (χ1) is 5.41. The van der Waals surface area contributed by atoms with Crippen molar-refractivity contribution < 1.29 is 13.9 Å². The standard InChI is InChI=1S/C7H14F2NOP/c1-4-2-5(11)6(10-3-4)7(8,9)12/h4-6,10-11H,2-3,12H2,1H3. The van der Waals surface area contributed by atoms with Crippen LogP contribution >= 0.6 is 9.24 Å². The zero-order valence-electron chi connectivity index (χ0n) is 6.93. The molecule has 4 atom stereocenters. The number of rotatable bonds is 1. The third-order valence-electron chi connectivity index (χ3n) is 2.13. The first-order valence-electron chi connectivity index (χ1n) is 3.99. The minimum absolute atomic E-state index is 0.267. The molecule has 5 heteroatoms. The number of alkyl halides is 2. The van der Waals surface area contributed by atoms with E-state index in [1.54, 1.807) is 0 Å². The molecule has 4 unspecified atom stereocenters. The summed E-state index contributed by atoms with van der Waals surface area (Å²) in [4.78, 5) is 0. The van der Waals surface area contributed by atoms with E-state index < -0.39 is 17.8 Å². The molecule has 1 aliphatic rings. The van der Waals surface area contributed by atoms with Crippen molar-refractivity contribution in [1.82, 2.24) is 5.32 Å². The fourth-order valence-electron chi connectivity index (χ4n) is 1.49. The molecule has 0 spiro atoms. The summed E-state index contributed by atoms with van der Waals surface area (Å²) in [5, 5.41) is 12.0. The number of nitrogens with one attached hydrogen (secondary N) is 1. The van der Waals surface area contributed by atoms with Crippen molar-refractivity contribution in [3.8, 4) is 0 Å². The summed E-state index contributed by atoms with van der Waals surface area (Å²) in [5.74, 6) is 0.267. The van der Waals surface area contributed by atoms with Crippen molar-refractivity contribution in [2.24, 2.45) is 5.92 Å². The molecule has 2 N–H and O–H groups in total. The van der Waals surface area contributed by atoms with E-state index in [1.807, 2.05) is 6.92 Å². The molecule has 1 aliphatic heterocycles. The lowest BCUT2D eigenvalue weighted by Crippen LogP contribution is -2.55. The Hall–Kier alpha value is 0.210. The van der Waals surface area contributed by atoms with Crippen molar-refractivity contribution in [1.29, 1.82) is 0 Å². The van der Waals surface area contributed by atoms with E-state index in [0.717, 1.165) is 0 Å². The molecule has 72 valence electrons. The van der Waals surface area contributed by atoms with Crippen LogP contribution in [0.15, 0.2) is 0 Å². The van der Waals surface area contributed by atoms with Crippen molar-refractivity contribution in [3.63, 3.8) is 0 Å². The SMILES string of the molecule is CC1CNC(C(F)(F)P)C(O)C1. The van der Waals surface area contributed by atoms with Crippen molar-refractivity contribution in [2.45, 2.75) is 31.2 Å². The summed E-state index contributed by atoms with van der Waals surface area (Å²) in [6.07, 6.45) is -0.497. The van der Waals surface area contributed by atoms with Crippen LogP contribution in [-0.2, 0) is 0 Å². The monoisotopic (exact) mass is 197 g/mol. The van der Waals surface area contributed by atoms with Crippen LogP contribution < -0.4 is 5.32 Å². The number of piperidine rings is 1. The number of halogens is 2. The van der Waals surface area contributed by atoms with Gasteiger partial charge in [0.05, 0.1) is 6.10 Å². The Kier molecular flexibility index (Phi) is 3.02. The Morgan fingerprint density at radius 2 is 2.17 bits per heavy atom. The first kappa shape index (κ1) is 10.3. The lowest BCUT2D eigenvalue weighted by atomic mass is 9.94. The summed E-state index contributed by atoms with van der Waals surface area (Å²) in [7, 11) is 1.46. The molecule has 0 amide bonds. The zero-order valence-corrected chi connectivity index (χ0v) is 8.08. The molecule has 0 aromatic carbocycles. The smallest absolute Gasteiger partial charge is 0.276 e. The van der Waals surface area contributed by atoms with Crippen LogP contribution in [0.2, 0.25) is 0 Å². The van der Waals surface area contributed by atoms with E-state index in [4.69, 9.17) is 0 Å². The normalized spacial score (nSPS) is 38.2. The molecule has 2 nitrogen and oxygen atoms in total. The number of aliphatic hydroxyl groups excluding tert-OH is 1. The van der Waals surface area contributed by atoms with Gasteiger partial charge in [0.15, 0.2) is 0 Å². The van der Waals surface area contributed by atoms with Gasteiger partial charge in [0, 0.05) is 0 Å². The average molecular weight is 197 g/mol. The lowest BCUT2D eigenvalue weighted by Gasteiger charge is -2.35. The molecule has 0 radical (unpaired) electrons. The second-order valence-electron chi connectivity index (χ2n) is 3.47. The van der Waals surface area contributed by atoms with Crippen molar-refractivity contribution >= 4 is 9.24 Å². The molecule has 0 aromatic heterocycles. The van der Waals surface area contributed by atoms with Gasteiger partial charge in [0.25, 0.3) is 5.66 Å². The predicted molar refractivity (Wildman–Crippen MR) is 46.2 cm³/mol. The molecule has 0 aromatic rings. The summed E-state index contributed by atoms with van der Waals surface area (Å²) < 4.78 is 25.5. The van der Waals surface area contributed by atoms with E-state index in [1.165, 1.54) is 9.24 Å². The zero-order chi connectivity index (χ0) is 9.35. The molecule has 1 heterocycles. The van der Waals surface area contributed by atoms with Gasteiger partial charge in [-0.25, -0.2) is 8.78 Å². The quantitative estimate of drug-likeness (QED) is 0.610. The van der Waals surface area contributed by atoms with Gasteiger partial charge in [-0.15, -0.1) is 0 Å². The van der Waals surface area contributed by atoms with Crippen LogP contribution in [0.1, 0.15) is 13.3 Å². The second kappa shape index (κ2) is 3.52. The van der Waals surface area contributed by atoms with Crippen LogP contribution in [0.25, 0.3) is 0 Å². The highest BCUT2D eigenvalue weighted by Gasteiger charge is 2.41. The van der Waals surface area contributed by atoms with E-state index in [0.29, 0.717) is 13.0 Å². The molecular formula is C7H14F2NOP. The maximum atomic E-state index is 12.7. The molecule has 0 aliphatic carbocycles. The summed E-state index contributed by atoms with van der Waals surface area (Å²) in [6.45, 7) is 2.47. The van der Waals surface area contributed by atoms with Crippen LogP contribution in [0, 0.1) is 5.92 Å². The van der Waals surface area contributed by atoms with Crippen molar-refractivity contribution in [2.75, 3.05) is 6.54 Å². The minimum Gasteiger partial charge on any atom is -0.391 e. The third-order valence-corrected chi connectivity index (χ3v) is 2.49. The van der Waals surface area contributed by atoms with Gasteiger partial charge in [0.1, 0.15) is 6.04 Å². The van der Waals surface area contributed by atoms with E-state index in [9.17, 15) is 13.9 Å². The highest BCUT2D eigenvalue weighted by atomic mass is 31.0. The van der Waals surface area contributed by atoms with E-state index in [2.05, 4.69) is 5.32 Å². The fraction of sp³-hybridized carbons (Fsp3) is 1.00. The van der Waals surface area contributed by atoms with Crippen LogP contribution in [0.5, 0.6) is 0 Å². The van der Waals surface area contributed by atoms with Gasteiger partial charge in [-0.3, -0.25) is 0 Å². The van der Waals surface area contributed by atoms with Crippen LogP contribution in [0.4, 0.5) is 8.78 Å². The summed E-state index contributed by atoms with van der Waals surface area (Å²) >= 11 is 0. The highest BCUT2D eigenvalue weighted by Crippen LogP contribution is 2.32. The Balaban J connectivity index is 2.57. The van der Waals surface area contributed by atoms with Gasteiger partial charge in [-0.05, 0) is 18.9 Å². The van der Waals surface area contributed by atoms with Gasteiger partial charge in [0.2, 0.25) is 0 Å². The fourth-order valence-corrected chi connectivity index (χ4v) is 1.83. The van der Waals surface area contributed by atoms with Gasteiger partial charge >= 0.3 is 0 Å². The Labute approximate surface area is 72.9 Å². The van der Waals surface area contributed by atoms with Crippen molar-refractivity contribution in [3.05, 3.63) is 0 Å². The number of aliphatic hydroxyl groups is 1. The average Bonchev–Trinajstić information content (AvgIpc) is 1.83. The minimum atomic E-state index is -2.92. The second-order valence-corrected chi connectivity index (χ2v) is 4.24. The molecule has 0 saturated carbocycles. The molecule has 1 saturated heterocycles. The number of hydrogen-bond donors (Lipinski definition) is 2. The van der Waals surface area contributed by atoms with Gasteiger partial charge < -0.3 is 10.4 Å². The Morgan fingerprint density at radius 3 is 2.58 bits per heavy atom. The maximum Gasteiger partial charge on any atom is 0.276 e. The maximum absolute atomic E-state index is 12.7. The van der Waals surface area contributed by atoms with Gasteiger partial charge in [-0.1, -0.05) is 16.2 Å². The Bertz CT molecular complexity index is 162. The molecular weight excluding hydrogens is 183 g/mol.